The summed E-state index contributed by atoms with van der Waals surface area (Å²) in [4.78, 5) is 29.0. The number of carbonyl (C=O) groups is 2. The third-order valence-corrected chi connectivity index (χ3v) is 8.21. The molecule has 262 valence electrons. The van der Waals surface area contributed by atoms with Crippen molar-refractivity contribution in [3.8, 4) is 16.9 Å². The predicted molar refractivity (Wildman–Crippen MR) is 164 cm³/mol. The number of aromatic nitrogens is 2. The van der Waals surface area contributed by atoms with Gasteiger partial charge >= 0.3 is 12.3 Å². The Morgan fingerprint density at radius 2 is 1.71 bits per heavy atom. The highest BCUT2D eigenvalue weighted by atomic mass is 32.2. The van der Waals surface area contributed by atoms with E-state index in [0.29, 0.717) is 12.0 Å². The Bertz CT molecular complexity index is 1720. The molecule has 1 N–H and O–H groups in total. The van der Waals surface area contributed by atoms with Crippen LogP contribution in [0.15, 0.2) is 64.8 Å². The molecule has 0 radical (unpaired) electrons. The van der Waals surface area contributed by atoms with Gasteiger partial charge in [-0.3, -0.25) is 4.79 Å². The first-order valence-electron chi connectivity index (χ1n) is 14.5. The Morgan fingerprint density at radius 1 is 1.10 bits per heavy atom. The van der Waals surface area contributed by atoms with Crippen molar-refractivity contribution in [2.45, 2.75) is 70.7 Å². The maximum atomic E-state index is 13.6. The summed E-state index contributed by atoms with van der Waals surface area (Å²) in [5, 5.41) is 20.3. The molecule has 14 nitrogen and oxygen atoms in total. The van der Waals surface area contributed by atoms with Crippen molar-refractivity contribution in [1.29, 1.82) is 0 Å². The molecule has 0 aliphatic heterocycles. The predicted octanol–water partition coefficient (Wildman–Crippen LogP) is 5.74. The summed E-state index contributed by atoms with van der Waals surface area (Å²) in [6, 6.07) is 11.0. The van der Waals surface area contributed by atoms with Crippen LogP contribution in [0.2, 0.25) is 0 Å². The number of hydrogen-bond donors (Lipinski definition) is 1. The molecule has 0 aliphatic rings. The third-order valence-electron chi connectivity index (χ3n) is 6.84. The molecule has 3 aromatic rings. The number of benzene rings is 2. The Morgan fingerprint density at radius 3 is 2.25 bits per heavy atom. The second kappa shape index (κ2) is 14.9. The fraction of sp³-hybridized carbons (Fsp3) is 0.433. The Balaban J connectivity index is 1.80. The van der Waals surface area contributed by atoms with Gasteiger partial charge in [0.25, 0.3) is 22.7 Å². The summed E-state index contributed by atoms with van der Waals surface area (Å²) in [6.07, 6.45) is -5.45. The zero-order valence-corrected chi connectivity index (χ0v) is 28.1. The lowest BCUT2D eigenvalue weighted by Gasteiger charge is -2.27. The number of hydrazine groups is 1. The van der Waals surface area contributed by atoms with Crippen LogP contribution in [-0.2, 0) is 35.3 Å². The van der Waals surface area contributed by atoms with Gasteiger partial charge < -0.3 is 19.5 Å². The molecule has 0 fully saturated rings. The van der Waals surface area contributed by atoms with Gasteiger partial charge in [0.2, 0.25) is 5.28 Å². The zero-order valence-electron chi connectivity index (χ0n) is 27.3. The first-order chi connectivity index (χ1) is 22.2. The van der Waals surface area contributed by atoms with Gasteiger partial charge in [0, 0.05) is 5.56 Å². The number of nitrogens with zero attached hydrogens (tertiary/aromatic N) is 5. The summed E-state index contributed by atoms with van der Waals surface area (Å²) in [5.41, 5.74) is -0.365. The van der Waals surface area contributed by atoms with E-state index in [4.69, 9.17) is 4.74 Å². The van der Waals surface area contributed by atoms with E-state index in [1.54, 1.807) is 58.9 Å². The molecule has 1 amide bonds. The fourth-order valence-electron chi connectivity index (χ4n) is 4.28. The molecule has 48 heavy (non-hydrogen) atoms. The van der Waals surface area contributed by atoms with Crippen LogP contribution >= 0.6 is 0 Å². The molecule has 2 aromatic carbocycles. The van der Waals surface area contributed by atoms with Crippen LogP contribution < -0.4 is 4.72 Å². The van der Waals surface area contributed by atoms with Gasteiger partial charge in [-0.05, 0) is 63.9 Å². The molecule has 0 aliphatic carbocycles. The van der Waals surface area contributed by atoms with Crippen molar-refractivity contribution in [1.82, 2.24) is 19.5 Å². The van der Waals surface area contributed by atoms with Crippen molar-refractivity contribution in [3.63, 3.8) is 0 Å². The highest BCUT2D eigenvalue weighted by Crippen LogP contribution is 2.33. The summed E-state index contributed by atoms with van der Waals surface area (Å²) in [5.74, 6) is -1.64. The van der Waals surface area contributed by atoms with Crippen LogP contribution in [0.4, 0.5) is 18.0 Å². The average molecular weight is 699 g/mol. The van der Waals surface area contributed by atoms with E-state index in [2.05, 4.69) is 20.0 Å². The molecule has 1 heterocycles. The first kappa shape index (κ1) is 37.6. The third kappa shape index (κ3) is 9.82. The topological polar surface area (TPSA) is 167 Å². The Kier molecular flexibility index (Phi) is 11.7. The fourth-order valence-corrected chi connectivity index (χ4v) is 5.27. The number of aryl methyl sites for hydroxylation is 1. The molecule has 1 aromatic heterocycles. The van der Waals surface area contributed by atoms with Crippen molar-refractivity contribution in [2.24, 2.45) is 11.2 Å². The van der Waals surface area contributed by atoms with E-state index >= 15 is 0 Å². The van der Waals surface area contributed by atoms with Gasteiger partial charge in [-0.2, -0.15) is 18.3 Å². The standard InChI is InChI=1S/C30H37F3N6O8S/c1-8-20(3)26(37(7)39(42)36-46-18-45-28(41)47-29(4,5)6)27(40)35-48(43,44)23-15-13-22(14-16-23)38-24(17-25(34-38)30(31,32)33)21-11-9-19(2)10-12-21/h9-17,20,26H,8,18H2,1-7H3,(H,35,40)/b39-36-/t20-,26+/m1/s1. The molecule has 0 saturated carbocycles. The second-order valence-electron chi connectivity index (χ2n) is 11.7. The lowest BCUT2D eigenvalue weighted by Crippen LogP contribution is -2.52. The van der Waals surface area contributed by atoms with Crippen LogP contribution in [0.25, 0.3) is 16.9 Å². The van der Waals surface area contributed by atoms with Crippen molar-refractivity contribution in [3.05, 3.63) is 71.1 Å². The number of ether oxygens (including phenoxy) is 2. The minimum absolute atomic E-state index is 0.110. The quantitative estimate of drug-likeness (QED) is 0.0616. The number of amides is 1. The largest absolute Gasteiger partial charge is 0.569 e. The summed E-state index contributed by atoms with van der Waals surface area (Å²) < 4.78 is 79.7. The van der Waals surface area contributed by atoms with Crippen molar-refractivity contribution in [2.75, 3.05) is 13.8 Å². The van der Waals surface area contributed by atoms with Crippen molar-refractivity contribution >= 4 is 22.1 Å². The number of hydrogen-bond acceptors (Lipinski definition) is 10. The van der Waals surface area contributed by atoms with Gasteiger partial charge in [-0.25, -0.2) is 22.6 Å². The molecule has 2 atom stereocenters. The molecule has 0 spiro atoms. The van der Waals surface area contributed by atoms with E-state index < -0.39 is 58.3 Å². The van der Waals surface area contributed by atoms with Crippen molar-refractivity contribution < 1.29 is 50.5 Å². The number of sulfonamides is 1. The number of carbonyl (C=O) groups excluding carboxylic acids is 2. The summed E-state index contributed by atoms with van der Waals surface area (Å²) in [7, 11) is -3.35. The van der Waals surface area contributed by atoms with E-state index in [9.17, 15) is 36.4 Å². The van der Waals surface area contributed by atoms with Crippen LogP contribution in [0.5, 0.6) is 0 Å². The maximum absolute atomic E-state index is 13.6. The molecule has 0 bridgehead atoms. The number of halogens is 3. The van der Waals surface area contributed by atoms with E-state index in [-0.39, 0.29) is 21.2 Å². The lowest BCUT2D eigenvalue weighted by molar-refractivity contribution is -0.712. The normalized spacial score (nSPS) is 13.8. The summed E-state index contributed by atoms with van der Waals surface area (Å²) in [6.45, 7) is 9.21. The number of alkyl halides is 3. The number of rotatable bonds is 12. The van der Waals surface area contributed by atoms with Gasteiger partial charge in [-0.1, -0.05) is 50.1 Å². The Labute approximate surface area is 275 Å². The zero-order chi connectivity index (χ0) is 36.0. The maximum Gasteiger partial charge on any atom is 0.511 e. The highest BCUT2D eigenvalue weighted by Gasteiger charge is 2.37. The molecular weight excluding hydrogens is 661 g/mol. The number of nitrogens with one attached hydrogen (secondary N) is 1. The first-order valence-corrected chi connectivity index (χ1v) is 16.0. The summed E-state index contributed by atoms with van der Waals surface area (Å²) >= 11 is 0. The van der Waals surface area contributed by atoms with Crippen LogP contribution in [0.1, 0.15) is 52.3 Å². The van der Waals surface area contributed by atoms with E-state index in [1.807, 2.05) is 11.6 Å². The second-order valence-corrected chi connectivity index (χ2v) is 13.4. The number of likely N-dealkylation sites (N-methyl/N-ethyl adjacent to an activating group) is 1. The van der Waals surface area contributed by atoms with Crippen LogP contribution in [0.3, 0.4) is 0 Å². The SMILES string of the molecule is CC[C@@H](C)[C@@H](C(=O)NS(=O)(=O)c1ccc(-n2nc(C(F)(F)F)cc2-c2ccc(C)cc2)cc1)N(C)/[N+]([O-])=N/OCOC(=O)OC(C)(C)C. The van der Waals surface area contributed by atoms with Gasteiger partial charge in [0.15, 0.2) is 11.7 Å². The smallest absolute Gasteiger partial charge is 0.511 e. The lowest BCUT2D eigenvalue weighted by atomic mass is 9.98. The molecule has 3 rings (SSSR count). The minimum atomic E-state index is -4.73. The van der Waals surface area contributed by atoms with Crippen LogP contribution in [-0.4, -0.2) is 65.7 Å². The monoisotopic (exact) mass is 698 g/mol. The van der Waals surface area contributed by atoms with Gasteiger partial charge in [0.1, 0.15) is 5.60 Å². The van der Waals surface area contributed by atoms with E-state index in [1.165, 1.54) is 19.2 Å². The molecule has 0 saturated heterocycles. The van der Waals surface area contributed by atoms with Gasteiger partial charge in [-0.15, -0.1) is 5.01 Å². The Hall–Kier alpha value is -4.87. The molecule has 18 heteroatoms. The molecular formula is C30H37F3N6O8S. The minimum Gasteiger partial charge on any atom is -0.569 e. The van der Waals surface area contributed by atoms with Crippen LogP contribution in [0, 0.1) is 18.0 Å². The highest BCUT2D eigenvalue weighted by molar-refractivity contribution is 7.90. The van der Waals surface area contributed by atoms with Gasteiger partial charge in [0.05, 0.1) is 28.3 Å². The average Bonchev–Trinajstić information content (AvgIpc) is 3.45. The van der Waals surface area contributed by atoms with E-state index in [0.717, 1.165) is 33.5 Å². The molecule has 0 unspecified atom stereocenters.